The lowest BCUT2D eigenvalue weighted by molar-refractivity contribution is -0.135. The molecule has 1 aliphatic rings. The van der Waals surface area contributed by atoms with Gasteiger partial charge in [-0.1, -0.05) is 0 Å². The molecule has 7 nitrogen and oxygen atoms in total. The summed E-state index contributed by atoms with van der Waals surface area (Å²) in [5, 5.41) is 5.45. The Labute approximate surface area is 155 Å². The van der Waals surface area contributed by atoms with Crippen LogP contribution < -0.4 is 14.2 Å². The maximum atomic E-state index is 13.2. The summed E-state index contributed by atoms with van der Waals surface area (Å²) in [7, 11) is 4.50. The fourth-order valence-electron chi connectivity index (χ4n) is 2.74. The number of benzene rings is 2. The molecule has 0 bridgehead atoms. The number of carbonyl (C=O) groups is 1. The highest BCUT2D eigenvalue weighted by Gasteiger charge is 2.34. The molecule has 0 spiro atoms. The van der Waals surface area contributed by atoms with Crippen LogP contribution in [0, 0.1) is 5.82 Å². The van der Waals surface area contributed by atoms with E-state index in [1.165, 1.54) is 57.5 Å². The SMILES string of the molecule is COc1cc(C2OC(c3ccc(F)cc3)=NN2C(C)=O)cc(OC)c1OC. The lowest BCUT2D eigenvalue weighted by Gasteiger charge is -2.21. The number of nitrogens with zero attached hydrogens (tertiary/aromatic N) is 2. The van der Waals surface area contributed by atoms with Crippen molar-refractivity contribution in [3.05, 3.63) is 53.3 Å². The van der Waals surface area contributed by atoms with Crippen LogP contribution in [0.2, 0.25) is 0 Å². The highest BCUT2D eigenvalue weighted by atomic mass is 19.1. The summed E-state index contributed by atoms with van der Waals surface area (Å²) in [5.74, 6) is 0.802. The number of amides is 1. The van der Waals surface area contributed by atoms with Gasteiger partial charge in [-0.05, 0) is 36.4 Å². The Kier molecular flexibility index (Phi) is 5.16. The summed E-state index contributed by atoms with van der Waals surface area (Å²) >= 11 is 0. The fraction of sp³-hybridized carbons (Fsp3) is 0.263. The third-order valence-corrected chi connectivity index (χ3v) is 4.03. The van der Waals surface area contributed by atoms with E-state index in [1.54, 1.807) is 12.1 Å². The average Bonchev–Trinajstić information content (AvgIpc) is 3.13. The molecule has 0 aromatic heterocycles. The van der Waals surface area contributed by atoms with Gasteiger partial charge in [0.05, 0.1) is 21.3 Å². The van der Waals surface area contributed by atoms with Gasteiger partial charge in [0, 0.05) is 18.1 Å². The minimum absolute atomic E-state index is 0.212. The number of rotatable bonds is 5. The van der Waals surface area contributed by atoms with Gasteiger partial charge in [-0.25, -0.2) is 4.39 Å². The molecular weight excluding hydrogens is 355 g/mol. The van der Waals surface area contributed by atoms with Gasteiger partial charge < -0.3 is 18.9 Å². The maximum Gasteiger partial charge on any atom is 0.243 e. The van der Waals surface area contributed by atoms with E-state index in [0.717, 1.165) is 0 Å². The topological polar surface area (TPSA) is 69.6 Å². The second-order valence-electron chi connectivity index (χ2n) is 5.70. The normalized spacial score (nSPS) is 15.8. The van der Waals surface area contributed by atoms with E-state index in [4.69, 9.17) is 18.9 Å². The Morgan fingerprint density at radius 1 is 1.07 bits per heavy atom. The Morgan fingerprint density at radius 2 is 1.67 bits per heavy atom. The van der Waals surface area contributed by atoms with Gasteiger partial charge in [-0.3, -0.25) is 4.79 Å². The van der Waals surface area contributed by atoms with Crippen molar-refractivity contribution >= 4 is 11.8 Å². The maximum absolute atomic E-state index is 13.2. The summed E-state index contributed by atoms with van der Waals surface area (Å²) in [4.78, 5) is 12.1. The number of halogens is 1. The van der Waals surface area contributed by atoms with Crippen LogP contribution in [0.4, 0.5) is 4.39 Å². The predicted octanol–water partition coefficient (Wildman–Crippen LogP) is 3.09. The number of hydrazone groups is 1. The number of carbonyl (C=O) groups excluding carboxylic acids is 1. The smallest absolute Gasteiger partial charge is 0.243 e. The predicted molar refractivity (Wildman–Crippen MR) is 95.4 cm³/mol. The van der Waals surface area contributed by atoms with Crippen molar-refractivity contribution in [2.75, 3.05) is 21.3 Å². The Balaban J connectivity index is 2.01. The molecule has 1 atom stereocenters. The van der Waals surface area contributed by atoms with Gasteiger partial charge in [0.15, 0.2) is 11.5 Å². The molecule has 1 unspecified atom stereocenters. The van der Waals surface area contributed by atoms with E-state index in [2.05, 4.69) is 5.10 Å². The van der Waals surface area contributed by atoms with Gasteiger partial charge in [-0.2, -0.15) is 5.01 Å². The third kappa shape index (κ3) is 3.51. The molecule has 27 heavy (non-hydrogen) atoms. The van der Waals surface area contributed by atoms with E-state index in [0.29, 0.717) is 28.4 Å². The Bertz CT molecular complexity index is 857. The highest BCUT2D eigenvalue weighted by Crippen LogP contribution is 2.42. The molecule has 1 amide bonds. The molecule has 0 aliphatic carbocycles. The fourth-order valence-corrected chi connectivity index (χ4v) is 2.74. The van der Waals surface area contributed by atoms with Crippen molar-refractivity contribution in [3.63, 3.8) is 0 Å². The highest BCUT2D eigenvalue weighted by molar-refractivity contribution is 5.96. The molecule has 0 N–H and O–H groups in total. The largest absolute Gasteiger partial charge is 0.493 e. The van der Waals surface area contributed by atoms with Gasteiger partial charge in [0.1, 0.15) is 5.82 Å². The summed E-state index contributed by atoms with van der Waals surface area (Å²) in [6, 6.07) is 9.03. The zero-order valence-corrected chi connectivity index (χ0v) is 15.4. The zero-order valence-electron chi connectivity index (χ0n) is 15.4. The first-order valence-electron chi connectivity index (χ1n) is 8.09. The van der Waals surface area contributed by atoms with Crippen molar-refractivity contribution in [2.24, 2.45) is 5.10 Å². The van der Waals surface area contributed by atoms with E-state index in [9.17, 15) is 9.18 Å². The van der Waals surface area contributed by atoms with Gasteiger partial charge in [0.2, 0.25) is 23.8 Å². The second-order valence-corrected chi connectivity index (χ2v) is 5.70. The van der Waals surface area contributed by atoms with Crippen LogP contribution in [-0.2, 0) is 9.53 Å². The second kappa shape index (κ2) is 7.53. The van der Waals surface area contributed by atoms with Crippen LogP contribution >= 0.6 is 0 Å². The molecule has 0 saturated heterocycles. The summed E-state index contributed by atoms with van der Waals surface area (Å²) < 4.78 is 35.1. The molecule has 2 aromatic rings. The first-order chi connectivity index (χ1) is 13.0. The lowest BCUT2D eigenvalue weighted by Crippen LogP contribution is -2.25. The van der Waals surface area contributed by atoms with E-state index in [-0.39, 0.29) is 17.6 Å². The lowest BCUT2D eigenvalue weighted by atomic mass is 10.1. The number of methoxy groups -OCH3 is 3. The average molecular weight is 374 g/mol. The molecule has 142 valence electrons. The number of ether oxygens (including phenoxy) is 4. The molecule has 0 saturated carbocycles. The zero-order chi connectivity index (χ0) is 19.6. The van der Waals surface area contributed by atoms with Crippen LogP contribution in [-0.4, -0.2) is 38.1 Å². The van der Waals surface area contributed by atoms with Crippen molar-refractivity contribution in [1.82, 2.24) is 5.01 Å². The molecule has 0 radical (unpaired) electrons. The molecule has 2 aromatic carbocycles. The first-order valence-corrected chi connectivity index (χ1v) is 8.09. The van der Waals surface area contributed by atoms with Crippen molar-refractivity contribution in [3.8, 4) is 17.2 Å². The van der Waals surface area contributed by atoms with Crippen LogP contribution in [0.25, 0.3) is 0 Å². The number of hydrogen-bond donors (Lipinski definition) is 0. The van der Waals surface area contributed by atoms with Crippen molar-refractivity contribution in [2.45, 2.75) is 13.2 Å². The van der Waals surface area contributed by atoms with Gasteiger partial charge >= 0.3 is 0 Å². The standard InChI is InChI=1S/C19H19FN2O5/c1-11(23)22-19(27-18(21-22)12-5-7-14(20)8-6-12)13-9-15(24-2)17(26-4)16(10-13)25-3/h5-10,19H,1-4H3. The van der Waals surface area contributed by atoms with Crippen molar-refractivity contribution < 1.29 is 28.1 Å². The molecular formula is C19H19FN2O5. The Hall–Kier alpha value is -3.29. The van der Waals surface area contributed by atoms with Crippen LogP contribution in [0.5, 0.6) is 17.2 Å². The minimum Gasteiger partial charge on any atom is -0.493 e. The van der Waals surface area contributed by atoms with E-state index in [1.807, 2.05) is 0 Å². The summed E-state index contributed by atoms with van der Waals surface area (Å²) in [6.07, 6.45) is -0.823. The molecule has 1 heterocycles. The van der Waals surface area contributed by atoms with E-state index < -0.39 is 6.23 Å². The Morgan fingerprint density at radius 3 is 2.15 bits per heavy atom. The monoisotopic (exact) mass is 374 g/mol. The van der Waals surface area contributed by atoms with Gasteiger partial charge in [-0.15, -0.1) is 5.10 Å². The molecule has 8 heteroatoms. The van der Waals surface area contributed by atoms with Crippen LogP contribution in [0.1, 0.15) is 24.3 Å². The molecule has 0 fully saturated rings. The molecule has 1 aliphatic heterocycles. The third-order valence-electron chi connectivity index (χ3n) is 4.03. The van der Waals surface area contributed by atoms with Crippen molar-refractivity contribution in [1.29, 1.82) is 0 Å². The quantitative estimate of drug-likeness (QED) is 0.804. The minimum atomic E-state index is -0.823. The molecule has 3 rings (SSSR count). The van der Waals surface area contributed by atoms with Crippen LogP contribution in [0.3, 0.4) is 0 Å². The first kappa shape index (κ1) is 18.5. The summed E-state index contributed by atoms with van der Waals surface area (Å²) in [5.41, 5.74) is 1.14. The van der Waals surface area contributed by atoms with Crippen LogP contribution in [0.15, 0.2) is 41.5 Å². The number of hydrogen-bond acceptors (Lipinski definition) is 6. The summed E-state index contributed by atoms with van der Waals surface area (Å²) in [6.45, 7) is 1.38. The van der Waals surface area contributed by atoms with E-state index >= 15 is 0 Å². The van der Waals surface area contributed by atoms with Gasteiger partial charge in [0.25, 0.3) is 0 Å².